The summed E-state index contributed by atoms with van der Waals surface area (Å²) in [5.74, 6) is 0.987. The fourth-order valence-corrected chi connectivity index (χ4v) is 3.65. The molecule has 2 heterocycles. The van der Waals surface area contributed by atoms with E-state index >= 15 is 0 Å². The topological polar surface area (TPSA) is 32.3 Å². The quantitative estimate of drug-likeness (QED) is 0.696. The summed E-state index contributed by atoms with van der Waals surface area (Å²) in [5.41, 5.74) is 8.53. The van der Waals surface area contributed by atoms with Crippen LogP contribution in [0.15, 0.2) is 36.5 Å². The van der Waals surface area contributed by atoms with Crippen LogP contribution in [-0.2, 0) is 0 Å². The van der Waals surface area contributed by atoms with E-state index in [0.29, 0.717) is 0 Å². The van der Waals surface area contributed by atoms with Gasteiger partial charge in [0, 0.05) is 31.9 Å². The largest absolute Gasteiger partial charge is 0.368 e. The maximum absolute atomic E-state index is 4.88. The fraction of sp³-hybridized carbons (Fsp3) is 0.364. The number of piperazine rings is 1. The number of fused-ring (bicyclic) bond motifs is 1. The van der Waals surface area contributed by atoms with Gasteiger partial charge in [0.05, 0.1) is 17.2 Å². The summed E-state index contributed by atoms with van der Waals surface area (Å²) < 4.78 is 0. The molecule has 4 nitrogen and oxygen atoms in total. The highest BCUT2D eigenvalue weighted by molar-refractivity contribution is 5.77. The van der Waals surface area contributed by atoms with Crippen molar-refractivity contribution in [2.45, 2.75) is 27.7 Å². The number of aryl methyl sites for hydroxylation is 4. The summed E-state index contributed by atoms with van der Waals surface area (Å²) >= 11 is 0. The number of nitrogens with zero attached hydrogens (tertiary/aromatic N) is 4. The molecule has 1 aliphatic heterocycles. The maximum Gasteiger partial charge on any atom is 0.147 e. The zero-order chi connectivity index (χ0) is 18.3. The summed E-state index contributed by atoms with van der Waals surface area (Å²) in [5, 5.41) is 0. The number of anilines is 2. The fourth-order valence-electron chi connectivity index (χ4n) is 3.65. The van der Waals surface area contributed by atoms with Gasteiger partial charge in [0.15, 0.2) is 0 Å². The Morgan fingerprint density at radius 1 is 0.731 bits per heavy atom. The SMILES string of the molecule is Cc1ccc(C)c(N2CCN(c3cnc4cc(C)c(C)cc4n3)CC2)c1. The molecule has 0 amide bonds. The molecule has 1 aliphatic rings. The zero-order valence-corrected chi connectivity index (χ0v) is 16.1. The van der Waals surface area contributed by atoms with Crippen LogP contribution in [0.3, 0.4) is 0 Å². The van der Waals surface area contributed by atoms with E-state index in [-0.39, 0.29) is 0 Å². The predicted octanol–water partition coefficient (Wildman–Crippen LogP) is 4.19. The van der Waals surface area contributed by atoms with Gasteiger partial charge in [-0.25, -0.2) is 4.98 Å². The van der Waals surface area contributed by atoms with Gasteiger partial charge in [-0.3, -0.25) is 4.98 Å². The average molecular weight is 346 g/mol. The lowest BCUT2D eigenvalue weighted by atomic mass is 10.1. The summed E-state index contributed by atoms with van der Waals surface area (Å²) in [7, 11) is 0. The Morgan fingerprint density at radius 2 is 1.38 bits per heavy atom. The van der Waals surface area contributed by atoms with E-state index in [1.807, 2.05) is 6.20 Å². The second kappa shape index (κ2) is 6.60. The van der Waals surface area contributed by atoms with Crippen LogP contribution in [0, 0.1) is 27.7 Å². The lowest BCUT2D eigenvalue weighted by Crippen LogP contribution is -2.47. The molecule has 0 N–H and O–H groups in total. The van der Waals surface area contributed by atoms with Crippen molar-refractivity contribution in [3.63, 3.8) is 0 Å². The third-order valence-corrected chi connectivity index (χ3v) is 5.45. The first-order valence-corrected chi connectivity index (χ1v) is 9.32. The van der Waals surface area contributed by atoms with Crippen molar-refractivity contribution in [1.29, 1.82) is 0 Å². The van der Waals surface area contributed by atoms with Crippen molar-refractivity contribution >= 4 is 22.5 Å². The lowest BCUT2D eigenvalue weighted by molar-refractivity contribution is 0.646. The summed E-state index contributed by atoms with van der Waals surface area (Å²) in [4.78, 5) is 14.4. The Morgan fingerprint density at radius 3 is 2.12 bits per heavy atom. The highest BCUT2D eigenvalue weighted by atomic mass is 15.3. The Bertz CT molecular complexity index is 956. The molecule has 0 radical (unpaired) electrons. The van der Waals surface area contributed by atoms with E-state index in [4.69, 9.17) is 4.98 Å². The number of aromatic nitrogens is 2. The van der Waals surface area contributed by atoms with Crippen LogP contribution in [-0.4, -0.2) is 36.1 Å². The zero-order valence-electron chi connectivity index (χ0n) is 16.1. The normalized spacial score (nSPS) is 14.9. The van der Waals surface area contributed by atoms with Gasteiger partial charge in [-0.05, 0) is 68.1 Å². The van der Waals surface area contributed by atoms with E-state index in [0.717, 1.165) is 43.0 Å². The number of hydrogen-bond donors (Lipinski definition) is 0. The molecule has 1 fully saturated rings. The molecule has 0 saturated carbocycles. The average Bonchev–Trinajstić information content (AvgIpc) is 2.64. The first-order valence-electron chi connectivity index (χ1n) is 9.32. The second-order valence-electron chi connectivity index (χ2n) is 7.42. The molecule has 0 unspecified atom stereocenters. The van der Waals surface area contributed by atoms with Gasteiger partial charge in [-0.2, -0.15) is 0 Å². The van der Waals surface area contributed by atoms with Crippen LogP contribution < -0.4 is 9.80 Å². The minimum atomic E-state index is 0.971. The van der Waals surface area contributed by atoms with E-state index in [1.54, 1.807) is 0 Å². The van der Waals surface area contributed by atoms with E-state index in [9.17, 15) is 0 Å². The maximum atomic E-state index is 4.88. The van der Waals surface area contributed by atoms with Gasteiger partial charge in [-0.1, -0.05) is 12.1 Å². The summed E-state index contributed by atoms with van der Waals surface area (Å²) in [6.45, 7) is 12.6. The molecule has 3 aromatic rings. The van der Waals surface area contributed by atoms with Crippen LogP contribution in [0.25, 0.3) is 11.0 Å². The Labute approximate surface area is 155 Å². The Kier molecular flexibility index (Phi) is 4.27. The molecule has 2 aromatic carbocycles. The minimum absolute atomic E-state index is 0.971. The van der Waals surface area contributed by atoms with Crippen LogP contribution in [0.2, 0.25) is 0 Å². The van der Waals surface area contributed by atoms with Gasteiger partial charge < -0.3 is 9.80 Å². The molecular weight excluding hydrogens is 320 g/mol. The molecular formula is C22H26N4. The lowest BCUT2D eigenvalue weighted by Gasteiger charge is -2.37. The molecule has 0 bridgehead atoms. The molecule has 0 spiro atoms. The van der Waals surface area contributed by atoms with E-state index in [1.165, 1.54) is 27.9 Å². The van der Waals surface area contributed by atoms with Crippen LogP contribution in [0.5, 0.6) is 0 Å². The molecule has 4 heteroatoms. The van der Waals surface area contributed by atoms with Gasteiger partial charge in [0.25, 0.3) is 0 Å². The molecule has 0 atom stereocenters. The predicted molar refractivity (Wildman–Crippen MR) is 109 cm³/mol. The van der Waals surface area contributed by atoms with E-state index < -0.39 is 0 Å². The summed E-state index contributed by atoms with van der Waals surface area (Å²) in [6, 6.07) is 11.0. The molecule has 0 aliphatic carbocycles. The molecule has 134 valence electrons. The highest BCUT2D eigenvalue weighted by Gasteiger charge is 2.20. The first-order chi connectivity index (χ1) is 12.5. The van der Waals surface area contributed by atoms with Crippen molar-refractivity contribution in [2.75, 3.05) is 36.0 Å². The van der Waals surface area contributed by atoms with Crippen LogP contribution >= 0.6 is 0 Å². The third kappa shape index (κ3) is 3.12. The Balaban J connectivity index is 1.53. The molecule has 1 aromatic heterocycles. The van der Waals surface area contributed by atoms with Crippen molar-refractivity contribution in [3.05, 3.63) is 58.8 Å². The van der Waals surface area contributed by atoms with Gasteiger partial charge in [-0.15, -0.1) is 0 Å². The standard InChI is InChI=1S/C22H26N4/c1-15-5-6-16(2)21(11-15)25-7-9-26(10-8-25)22-14-23-19-12-17(3)18(4)13-20(19)24-22/h5-6,11-14H,7-10H2,1-4H3. The van der Waals surface area contributed by atoms with Crippen molar-refractivity contribution in [1.82, 2.24) is 9.97 Å². The number of benzene rings is 2. The first kappa shape index (κ1) is 16.8. The van der Waals surface area contributed by atoms with Crippen LogP contribution in [0.4, 0.5) is 11.5 Å². The number of rotatable bonds is 2. The summed E-state index contributed by atoms with van der Waals surface area (Å²) in [6.07, 6.45) is 1.92. The Hall–Kier alpha value is -2.62. The van der Waals surface area contributed by atoms with E-state index in [2.05, 4.69) is 72.8 Å². The van der Waals surface area contributed by atoms with Crippen LogP contribution in [0.1, 0.15) is 22.3 Å². The smallest absolute Gasteiger partial charge is 0.147 e. The third-order valence-electron chi connectivity index (χ3n) is 5.45. The molecule has 26 heavy (non-hydrogen) atoms. The van der Waals surface area contributed by atoms with Gasteiger partial charge >= 0.3 is 0 Å². The second-order valence-corrected chi connectivity index (χ2v) is 7.42. The van der Waals surface area contributed by atoms with Gasteiger partial charge in [0.2, 0.25) is 0 Å². The minimum Gasteiger partial charge on any atom is -0.368 e. The van der Waals surface area contributed by atoms with Gasteiger partial charge in [0.1, 0.15) is 5.82 Å². The highest BCUT2D eigenvalue weighted by Crippen LogP contribution is 2.25. The molecule has 1 saturated heterocycles. The monoisotopic (exact) mass is 346 g/mol. The van der Waals surface area contributed by atoms with Crippen molar-refractivity contribution < 1.29 is 0 Å². The van der Waals surface area contributed by atoms with Crippen molar-refractivity contribution in [3.8, 4) is 0 Å². The van der Waals surface area contributed by atoms with Crippen molar-refractivity contribution in [2.24, 2.45) is 0 Å². The number of hydrogen-bond acceptors (Lipinski definition) is 4. The molecule has 4 rings (SSSR count).